The Labute approximate surface area is 397 Å². The van der Waals surface area contributed by atoms with Gasteiger partial charge in [0.2, 0.25) is 0 Å². The quantitative estimate of drug-likeness (QED) is 0.160. The summed E-state index contributed by atoms with van der Waals surface area (Å²) in [6.45, 7) is 6.91. The van der Waals surface area contributed by atoms with Gasteiger partial charge in [0.05, 0.1) is 22.4 Å². The van der Waals surface area contributed by atoms with Gasteiger partial charge in [0.1, 0.15) is 17.8 Å². The number of fused-ring (bicyclic) bond motifs is 4. The van der Waals surface area contributed by atoms with E-state index in [-0.39, 0.29) is 11.6 Å². The van der Waals surface area contributed by atoms with Crippen molar-refractivity contribution >= 4 is 50.5 Å². The second kappa shape index (κ2) is 16.7. The number of aliphatic imine (C=N–C) groups is 2. The number of anilines is 3. The van der Waals surface area contributed by atoms with Gasteiger partial charge in [-0.15, -0.1) is 0 Å². The minimum Gasteiger partial charge on any atom is -0.363 e. The molecule has 0 amide bonds. The van der Waals surface area contributed by atoms with Crippen LogP contribution in [0.3, 0.4) is 0 Å². The molecule has 68 heavy (non-hydrogen) atoms. The Bertz CT molecular complexity index is 3550. The van der Waals surface area contributed by atoms with Crippen molar-refractivity contribution in [1.29, 1.82) is 0 Å². The Morgan fingerprint density at radius 1 is 0.441 bits per heavy atom. The van der Waals surface area contributed by atoms with Crippen LogP contribution in [0.4, 0.5) is 17.1 Å². The van der Waals surface area contributed by atoms with Crippen LogP contribution in [0.5, 0.6) is 0 Å². The Hall–Kier alpha value is -8.48. The third-order valence-corrected chi connectivity index (χ3v) is 13.4. The van der Waals surface area contributed by atoms with Gasteiger partial charge in [-0.2, -0.15) is 0 Å². The van der Waals surface area contributed by atoms with Gasteiger partial charge in [-0.05, 0) is 93.5 Å². The predicted molar refractivity (Wildman–Crippen MR) is 284 cm³/mol. The van der Waals surface area contributed by atoms with Crippen molar-refractivity contribution in [1.82, 2.24) is 9.88 Å². The second-order valence-electron chi connectivity index (χ2n) is 18.8. The highest BCUT2D eigenvalue weighted by molar-refractivity contribution is 6.24. The topological polar surface area (TPSA) is 56.9 Å². The molecule has 2 aliphatic heterocycles. The molecule has 0 bridgehead atoms. The highest BCUT2D eigenvalue weighted by atomic mass is 15.3. The third-order valence-electron chi connectivity index (χ3n) is 13.4. The predicted octanol–water partition coefficient (Wildman–Crippen LogP) is 15.2. The van der Waals surface area contributed by atoms with E-state index in [1.54, 1.807) is 0 Å². The molecule has 2 N–H and O–H groups in total. The molecule has 2 aliphatic rings. The van der Waals surface area contributed by atoms with Crippen molar-refractivity contribution < 1.29 is 0 Å². The summed E-state index contributed by atoms with van der Waals surface area (Å²) >= 11 is 0. The third kappa shape index (κ3) is 7.31. The molecule has 12 rings (SSSR count). The monoisotopic (exact) mass is 878 g/mol. The fourth-order valence-electron chi connectivity index (χ4n) is 10.1. The molecule has 0 aliphatic carbocycles. The first-order chi connectivity index (χ1) is 33.4. The van der Waals surface area contributed by atoms with Gasteiger partial charge < -0.3 is 20.1 Å². The molecule has 0 saturated heterocycles. The summed E-state index contributed by atoms with van der Waals surface area (Å²) in [6, 6.07) is 80.1. The summed E-state index contributed by atoms with van der Waals surface area (Å²) in [5.74, 6) is 1.58. The van der Waals surface area contributed by atoms with E-state index in [0.29, 0.717) is 0 Å². The molecule has 10 aromatic rings. The van der Waals surface area contributed by atoms with E-state index in [1.807, 2.05) is 6.07 Å². The zero-order valence-corrected chi connectivity index (χ0v) is 38.3. The fourth-order valence-corrected chi connectivity index (χ4v) is 10.1. The van der Waals surface area contributed by atoms with E-state index in [9.17, 15) is 0 Å². The number of rotatable bonds is 8. The normalized spacial score (nSPS) is 15.7. The SMILES string of the molecule is CC(C)(C)C1Nc2ccc(-c3ccccc3)cc2N1c1ccc(-c2ccccc2-c2cccc(C3N=C(c4ccccc4)NC(c4cccc5c4c4ccccc4n5-c4ccccc4)=N3)c2)cc1. The number of benzene rings is 9. The van der Waals surface area contributed by atoms with Crippen molar-refractivity contribution in [2.75, 3.05) is 10.2 Å². The molecule has 0 radical (unpaired) electrons. The molecule has 2 atom stereocenters. The molecule has 1 aromatic heterocycles. The smallest absolute Gasteiger partial charge is 0.169 e. The van der Waals surface area contributed by atoms with E-state index in [2.05, 4.69) is 259 Å². The van der Waals surface area contributed by atoms with Gasteiger partial charge >= 0.3 is 0 Å². The number of hydrogen-bond donors (Lipinski definition) is 2. The lowest BCUT2D eigenvalue weighted by Gasteiger charge is -2.36. The number of hydrogen-bond acceptors (Lipinski definition) is 5. The molecule has 6 heteroatoms. The standard InChI is InChI=1S/C62H50N6/c1-62(2,3)61-63-53-38-35-44(41-19-7-4-8-20-41)40-56(53)68(61)48-36-33-42(34-37-48)49-27-13-14-28-50(49)45-23-17-24-46(39-45)59-64-58(43-21-9-5-10-22-43)65-60(66-59)52-30-18-32-55-57(52)51-29-15-16-31-54(51)67(55)47-25-11-6-12-26-47/h4-40,59,61,63H,1-3H3,(H,64,65,66). The Morgan fingerprint density at radius 2 is 1.03 bits per heavy atom. The van der Waals surface area contributed by atoms with E-state index >= 15 is 0 Å². The van der Waals surface area contributed by atoms with Gasteiger partial charge in [-0.1, -0.05) is 191 Å². The molecule has 6 nitrogen and oxygen atoms in total. The minimum absolute atomic E-state index is 0.0382. The summed E-state index contributed by atoms with van der Waals surface area (Å²) in [6.07, 6.45) is -0.407. The lowest BCUT2D eigenvalue weighted by atomic mass is 9.91. The molecular weight excluding hydrogens is 829 g/mol. The fraction of sp³-hybridized carbons (Fsp3) is 0.0968. The van der Waals surface area contributed by atoms with Crippen LogP contribution in [0.15, 0.2) is 234 Å². The zero-order chi connectivity index (χ0) is 45.8. The zero-order valence-electron chi connectivity index (χ0n) is 38.3. The van der Waals surface area contributed by atoms with Crippen LogP contribution in [-0.4, -0.2) is 22.4 Å². The highest BCUT2D eigenvalue weighted by Crippen LogP contribution is 2.47. The van der Waals surface area contributed by atoms with Gasteiger partial charge in [0.15, 0.2) is 6.17 Å². The first kappa shape index (κ1) is 41.0. The van der Waals surface area contributed by atoms with Crippen molar-refractivity contribution in [3.63, 3.8) is 0 Å². The number of para-hydroxylation sites is 2. The van der Waals surface area contributed by atoms with Gasteiger partial charge in [-0.25, -0.2) is 9.98 Å². The summed E-state index contributed by atoms with van der Waals surface area (Å²) in [7, 11) is 0. The number of aromatic nitrogens is 1. The number of amidine groups is 2. The van der Waals surface area contributed by atoms with Crippen LogP contribution in [-0.2, 0) is 0 Å². The van der Waals surface area contributed by atoms with E-state index < -0.39 is 6.17 Å². The van der Waals surface area contributed by atoms with Crippen molar-refractivity contribution in [3.8, 4) is 39.1 Å². The number of nitrogens with one attached hydrogen (secondary N) is 2. The van der Waals surface area contributed by atoms with Gasteiger partial charge in [0, 0.05) is 38.7 Å². The first-order valence-electron chi connectivity index (χ1n) is 23.5. The second-order valence-corrected chi connectivity index (χ2v) is 18.8. The minimum atomic E-state index is -0.485. The Balaban J connectivity index is 0.922. The summed E-state index contributed by atoms with van der Waals surface area (Å²) in [4.78, 5) is 13.3. The highest BCUT2D eigenvalue weighted by Gasteiger charge is 2.38. The molecule has 0 spiro atoms. The maximum Gasteiger partial charge on any atom is 0.169 e. The van der Waals surface area contributed by atoms with Gasteiger partial charge in [0.25, 0.3) is 0 Å². The van der Waals surface area contributed by atoms with E-state index in [0.717, 1.165) is 78.5 Å². The maximum atomic E-state index is 5.46. The van der Waals surface area contributed by atoms with Crippen LogP contribution in [0.25, 0.3) is 60.9 Å². The lowest BCUT2D eigenvalue weighted by molar-refractivity contribution is 0.351. The molecule has 0 saturated carbocycles. The number of nitrogens with zero attached hydrogens (tertiary/aromatic N) is 4. The van der Waals surface area contributed by atoms with E-state index in [1.165, 1.54) is 27.8 Å². The first-order valence-corrected chi connectivity index (χ1v) is 23.5. The molecular formula is C62H50N6. The van der Waals surface area contributed by atoms with E-state index in [4.69, 9.17) is 9.98 Å². The Morgan fingerprint density at radius 3 is 1.78 bits per heavy atom. The average Bonchev–Trinajstić information content (AvgIpc) is 3.96. The molecule has 2 unspecified atom stereocenters. The van der Waals surface area contributed by atoms with Gasteiger partial charge in [-0.3, -0.25) is 0 Å². The molecule has 3 heterocycles. The summed E-state index contributed by atoms with van der Waals surface area (Å²) < 4.78 is 2.35. The summed E-state index contributed by atoms with van der Waals surface area (Å²) in [5.41, 5.74) is 16.9. The maximum absolute atomic E-state index is 5.46. The van der Waals surface area contributed by atoms with Crippen molar-refractivity contribution in [3.05, 3.63) is 241 Å². The lowest BCUT2D eigenvalue weighted by Crippen LogP contribution is -2.42. The molecule has 328 valence electrons. The van der Waals surface area contributed by atoms with Crippen LogP contribution < -0.4 is 15.5 Å². The Kier molecular flexibility index (Phi) is 10.1. The van der Waals surface area contributed by atoms with Crippen molar-refractivity contribution in [2.45, 2.75) is 33.1 Å². The largest absolute Gasteiger partial charge is 0.363 e. The molecule has 9 aromatic carbocycles. The van der Waals surface area contributed by atoms with Crippen LogP contribution in [0, 0.1) is 5.41 Å². The molecule has 0 fully saturated rings. The van der Waals surface area contributed by atoms with Crippen molar-refractivity contribution in [2.24, 2.45) is 15.4 Å². The average molecular weight is 879 g/mol. The van der Waals surface area contributed by atoms with Crippen LogP contribution >= 0.6 is 0 Å². The van der Waals surface area contributed by atoms with Crippen LogP contribution in [0.2, 0.25) is 0 Å². The van der Waals surface area contributed by atoms with Crippen LogP contribution in [0.1, 0.15) is 43.6 Å². The summed E-state index contributed by atoms with van der Waals surface area (Å²) in [5, 5.41) is 9.88.